The number of amides is 1. The molecule has 1 amide bonds. The van der Waals surface area contributed by atoms with Crippen LogP contribution in [0.2, 0.25) is 0 Å². The first kappa shape index (κ1) is 18.8. The van der Waals surface area contributed by atoms with E-state index in [0.29, 0.717) is 12.1 Å². The Balaban J connectivity index is 1.50. The average molecular weight is 359 g/mol. The number of rotatable bonds is 6. The molecule has 2 aromatic heterocycles. The standard InChI is InChI=1S/C19H29N5O2/c1-13(2)24-18-16(10-22-24)8-17(9-21-18)19(25)20-6-5-7-23-11-14(3)26-15(4)12-23/h8-10,13-15H,5-7,11-12H2,1-4H3,(H,20,25). The highest BCUT2D eigenvalue weighted by Crippen LogP contribution is 2.16. The molecular formula is C19H29N5O2. The molecule has 3 rings (SSSR count). The summed E-state index contributed by atoms with van der Waals surface area (Å²) in [5, 5.41) is 8.22. The summed E-state index contributed by atoms with van der Waals surface area (Å²) in [6, 6.07) is 2.10. The number of morpholine rings is 1. The van der Waals surface area contributed by atoms with Crippen LogP contribution in [-0.4, -0.2) is 64.0 Å². The number of carbonyl (C=O) groups is 1. The molecule has 1 saturated heterocycles. The van der Waals surface area contributed by atoms with Gasteiger partial charge in [0.2, 0.25) is 0 Å². The van der Waals surface area contributed by atoms with Crippen molar-refractivity contribution in [2.45, 2.75) is 52.4 Å². The van der Waals surface area contributed by atoms with Crippen molar-refractivity contribution in [2.75, 3.05) is 26.2 Å². The first-order valence-electron chi connectivity index (χ1n) is 9.43. The molecule has 0 aromatic carbocycles. The zero-order valence-corrected chi connectivity index (χ0v) is 16.1. The molecule has 2 atom stereocenters. The van der Waals surface area contributed by atoms with Gasteiger partial charge in [0, 0.05) is 43.8 Å². The Morgan fingerprint density at radius 3 is 2.73 bits per heavy atom. The summed E-state index contributed by atoms with van der Waals surface area (Å²) in [5.74, 6) is -0.0830. The molecule has 142 valence electrons. The monoisotopic (exact) mass is 359 g/mol. The number of hydrogen-bond acceptors (Lipinski definition) is 5. The van der Waals surface area contributed by atoms with Gasteiger partial charge in [0.15, 0.2) is 5.65 Å². The summed E-state index contributed by atoms with van der Waals surface area (Å²) in [6.45, 7) is 11.9. The highest BCUT2D eigenvalue weighted by Gasteiger charge is 2.21. The number of ether oxygens (including phenoxy) is 1. The van der Waals surface area contributed by atoms with E-state index >= 15 is 0 Å². The predicted octanol–water partition coefficient (Wildman–Crippen LogP) is 2.24. The lowest BCUT2D eigenvalue weighted by Gasteiger charge is -2.35. The third-order valence-electron chi connectivity index (χ3n) is 4.62. The van der Waals surface area contributed by atoms with E-state index < -0.39 is 0 Å². The number of hydrogen-bond donors (Lipinski definition) is 1. The van der Waals surface area contributed by atoms with E-state index in [1.54, 1.807) is 12.4 Å². The van der Waals surface area contributed by atoms with E-state index in [1.165, 1.54) is 0 Å². The Hall–Kier alpha value is -1.99. The number of nitrogens with one attached hydrogen (secondary N) is 1. The number of aromatic nitrogens is 3. The molecule has 1 aliphatic heterocycles. The van der Waals surface area contributed by atoms with Crippen LogP contribution in [0.3, 0.4) is 0 Å². The van der Waals surface area contributed by atoms with Gasteiger partial charge in [-0.1, -0.05) is 0 Å². The van der Waals surface area contributed by atoms with Crippen LogP contribution in [0.5, 0.6) is 0 Å². The maximum atomic E-state index is 12.4. The second-order valence-corrected chi connectivity index (χ2v) is 7.45. The second-order valence-electron chi connectivity index (χ2n) is 7.45. The number of carbonyl (C=O) groups excluding carboxylic acids is 1. The molecular weight excluding hydrogens is 330 g/mol. The Bertz CT molecular complexity index is 747. The Labute approximate surface area is 154 Å². The molecule has 1 aliphatic rings. The molecule has 0 bridgehead atoms. The molecule has 7 heteroatoms. The van der Waals surface area contributed by atoms with Gasteiger partial charge in [-0.3, -0.25) is 9.69 Å². The van der Waals surface area contributed by atoms with Crippen molar-refractivity contribution in [1.29, 1.82) is 0 Å². The summed E-state index contributed by atoms with van der Waals surface area (Å²) in [6.07, 6.45) is 4.87. The van der Waals surface area contributed by atoms with Crippen molar-refractivity contribution in [3.63, 3.8) is 0 Å². The smallest absolute Gasteiger partial charge is 0.252 e. The van der Waals surface area contributed by atoms with Crippen molar-refractivity contribution in [2.24, 2.45) is 0 Å². The fraction of sp³-hybridized carbons (Fsp3) is 0.632. The molecule has 0 saturated carbocycles. The van der Waals surface area contributed by atoms with E-state index in [1.807, 2.05) is 10.7 Å². The van der Waals surface area contributed by atoms with Gasteiger partial charge in [-0.15, -0.1) is 0 Å². The van der Waals surface area contributed by atoms with Gasteiger partial charge in [0.05, 0.1) is 24.0 Å². The van der Waals surface area contributed by atoms with Gasteiger partial charge < -0.3 is 10.1 Å². The quantitative estimate of drug-likeness (QED) is 0.801. The fourth-order valence-electron chi connectivity index (χ4n) is 3.52. The van der Waals surface area contributed by atoms with Crippen LogP contribution in [0.15, 0.2) is 18.5 Å². The molecule has 3 heterocycles. The van der Waals surface area contributed by atoms with E-state index in [2.05, 4.69) is 48.0 Å². The van der Waals surface area contributed by atoms with Crippen LogP contribution in [0.4, 0.5) is 0 Å². The topological polar surface area (TPSA) is 72.3 Å². The lowest BCUT2D eigenvalue weighted by atomic mass is 10.2. The first-order valence-corrected chi connectivity index (χ1v) is 9.43. The molecule has 7 nitrogen and oxygen atoms in total. The molecule has 2 aromatic rings. The van der Waals surface area contributed by atoms with E-state index in [0.717, 1.165) is 37.1 Å². The first-order chi connectivity index (χ1) is 12.4. The van der Waals surface area contributed by atoms with Gasteiger partial charge >= 0.3 is 0 Å². The lowest BCUT2D eigenvalue weighted by Crippen LogP contribution is -2.46. The van der Waals surface area contributed by atoms with E-state index in [9.17, 15) is 4.79 Å². The van der Waals surface area contributed by atoms with Gasteiger partial charge in [0.1, 0.15) is 0 Å². The molecule has 1 N–H and O–H groups in total. The van der Waals surface area contributed by atoms with Crippen LogP contribution in [0.25, 0.3) is 11.0 Å². The summed E-state index contributed by atoms with van der Waals surface area (Å²) < 4.78 is 7.61. The zero-order valence-electron chi connectivity index (χ0n) is 16.1. The van der Waals surface area contributed by atoms with Crippen molar-refractivity contribution < 1.29 is 9.53 Å². The predicted molar refractivity (Wildman–Crippen MR) is 101 cm³/mol. The molecule has 26 heavy (non-hydrogen) atoms. The Morgan fingerprint density at radius 1 is 1.31 bits per heavy atom. The van der Waals surface area contributed by atoms with Crippen LogP contribution in [-0.2, 0) is 4.74 Å². The largest absolute Gasteiger partial charge is 0.373 e. The summed E-state index contributed by atoms with van der Waals surface area (Å²) >= 11 is 0. The second kappa shape index (κ2) is 8.14. The number of pyridine rings is 1. The average Bonchev–Trinajstić information content (AvgIpc) is 3.01. The van der Waals surface area contributed by atoms with Crippen molar-refractivity contribution in [1.82, 2.24) is 25.0 Å². The van der Waals surface area contributed by atoms with Crippen LogP contribution in [0.1, 0.15) is 50.5 Å². The third-order valence-corrected chi connectivity index (χ3v) is 4.62. The lowest BCUT2D eigenvalue weighted by molar-refractivity contribution is -0.0679. The van der Waals surface area contributed by atoms with Gasteiger partial charge in [0.25, 0.3) is 5.91 Å². The molecule has 0 radical (unpaired) electrons. The Morgan fingerprint density at radius 2 is 2.04 bits per heavy atom. The molecule has 0 spiro atoms. The maximum absolute atomic E-state index is 12.4. The van der Waals surface area contributed by atoms with Gasteiger partial charge in [-0.25, -0.2) is 9.67 Å². The highest BCUT2D eigenvalue weighted by atomic mass is 16.5. The number of fused-ring (bicyclic) bond motifs is 1. The maximum Gasteiger partial charge on any atom is 0.252 e. The summed E-state index contributed by atoms with van der Waals surface area (Å²) in [5.41, 5.74) is 1.39. The molecule has 2 unspecified atom stereocenters. The van der Waals surface area contributed by atoms with Crippen LogP contribution < -0.4 is 5.32 Å². The van der Waals surface area contributed by atoms with Gasteiger partial charge in [-0.05, 0) is 40.2 Å². The van der Waals surface area contributed by atoms with E-state index in [4.69, 9.17) is 4.74 Å². The SMILES string of the molecule is CC1CN(CCCNC(=O)c2cnc3c(cnn3C(C)C)c2)CC(C)O1. The number of nitrogens with zero attached hydrogens (tertiary/aromatic N) is 4. The summed E-state index contributed by atoms with van der Waals surface area (Å²) in [4.78, 5) is 19.2. The van der Waals surface area contributed by atoms with Crippen LogP contribution in [0, 0.1) is 0 Å². The summed E-state index contributed by atoms with van der Waals surface area (Å²) in [7, 11) is 0. The van der Waals surface area contributed by atoms with E-state index in [-0.39, 0.29) is 24.2 Å². The minimum Gasteiger partial charge on any atom is -0.373 e. The minimum absolute atomic E-state index is 0.0830. The van der Waals surface area contributed by atoms with Crippen molar-refractivity contribution in [3.05, 3.63) is 24.0 Å². The normalized spacial score (nSPS) is 21.4. The van der Waals surface area contributed by atoms with Gasteiger partial charge in [-0.2, -0.15) is 5.10 Å². The Kier molecular flexibility index (Phi) is 5.88. The fourth-order valence-corrected chi connectivity index (χ4v) is 3.52. The molecule has 1 fully saturated rings. The van der Waals surface area contributed by atoms with Crippen molar-refractivity contribution >= 4 is 16.9 Å². The molecule has 0 aliphatic carbocycles. The minimum atomic E-state index is -0.0830. The van der Waals surface area contributed by atoms with Crippen molar-refractivity contribution in [3.8, 4) is 0 Å². The highest BCUT2D eigenvalue weighted by molar-refractivity contribution is 5.96. The zero-order chi connectivity index (χ0) is 18.7. The van der Waals surface area contributed by atoms with Crippen LogP contribution >= 0.6 is 0 Å². The third kappa shape index (κ3) is 4.40.